The Balaban J connectivity index is 1.39. The Morgan fingerprint density at radius 1 is 1.18 bits per heavy atom. The standard InChI is InChI=1S/C23H25N5O4S/c24-22-21-19(26-33(30,31)27-22)9-5-10-20(21)32-14-15-6-3-4-13-28(15)23(29)17-11-12-25-18-8-2-1-7-16(17)18/h1-2,5,7-12,15,23,26,29H,3-4,6,13-14H2,(H2,24,27)/t15-,23?/m1/s1. The molecule has 0 radical (unpaired) electrons. The van der Waals surface area contributed by atoms with Crippen molar-refractivity contribution < 1.29 is 18.3 Å². The first-order chi connectivity index (χ1) is 15.9. The summed E-state index contributed by atoms with van der Waals surface area (Å²) in [5.41, 5.74) is 8.35. The molecule has 2 aliphatic heterocycles. The Kier molecular flexibility index (Phi) is 5.65. The number of anilines is 1. The van der Waals surface area contributed by atoms with E-state index in [0.29, 0.717) is 23.6 Å². The third kappa shape index (κ3) is 4.24. The second-order valence-corrected chi connectivity index (χ2v) is 9.56. The Morgan fingerprint density at radius 3 is 2.91 bits per heavy atom. The van der Waals surface area contributed by atoms with Crippen LogP contribution in [-0.2, 0) is 10.2 Å². The van der Waals surface area contributed by atoms with Crippen LogP contribution < -0.4 is 15.2 Å². The van der Waals surface area contributed by atoms with Gasteiger partial charge in [-0.15, -0.1) is 4.40 Å². The molecule has 172 valence electrons. The van der Waals surface area contributed by atoms with Crippen LogP contribution in [-0.4, -0.2) is 48.4 Å². The number of nitrogens with zero attached hydrogens (tertiary/aromatic N) is 3. The monoisotopic (exact) mass is 467 g/mol. The third-order valence-electron chi connectivity index (χ3n) is 6.12. The van der Waals surface area contributed by atoms with Gasteiger partial charge >= 0.3 is 10.2 Å². The molecule has 9 nitrogen and oxygen atoms in total. The number of hydrogen-bond acceptors (Lipinski definition) is 7. The van der Waals surface area contributed by atoms with Gasteiger partial charge in [0.15, 0.2) is 5.84 Å². The van der Waals surface area contributed by atoms with Gasteiger partial charge < -0.3 is 15.6 Å². The largest absolute Gasteiger partial charge is 0.491 e. The van der Waals surface area contributed by atoms with Crippen LogP contribution in [0, 0.1) is 0 Å². The molecule has 0 spiro atoms. The lowest BCUT2D eigenvalue weighted by Crippen LogP contribution is -2.45. The summed E-state index contributed by atoms with van der Waals surface area (Å²) >= 11 is 0. The number of aliphatic hydroxyl groups excluding tert-OH is 1. The molecule has 1 unspecified atom stereocenters. The van der Waals surface area contributed by atoms with E-state index in [1.54, 1.807) is 24.4 Å². The number of piperidine rings is 1. The minimum Gasteiger partial charge on any atom is -0.491 e. The number of ether oxygens (including phenoxy) is 1. The lowest BCUT2D eigenvalue weighted by molar-refractivity contribution is -0.0533. The molecule has 5 rings (SSSR count). The van der Waals surface area contributed by atoms with E-state index < -0.39 is 16.4 Å². The van der Waals surface area contributed by atoms with Crippen molar-refractivity contribution in [2.45, 2.75) is 31.5 Å². The van der Waals surface area contributed by atoms with Gasteiger partial charge in [-0.25, -0.2) is 0 Å². The van der Waals surface area contributed by atoms with Gasteiger partial charge in [0.25, 0.3) is 0 Å². The summed E-state index contributed by atoms with van der Waals surface area (Å²) in [6.07, 6.45) is 3.81. The van der Waals surface area contributed by atoms with E-state index in [1.165, 1.54) is 0 Å². The number of hydrogen-bond donors (Lipinski definition) is 3. The van der Waals surface area contributed by atoms with Crippen LogP contribution in [0.5, 0.6) is 5.75 Å². The number of likely N-dealkylation sites (tertiary alicyclic amines) is 1. The number of fused-ring (bicyclic) bond motifs is 2. The highest BCUT2D eigenvalue weighted by Gasteiger charge is 2.31. The Morgan fingerprint density at radius 2 is 2.03 bits per heavy atom. The SMILES string of the molecule is NC1=NS(=O)(=O)Nc2cccc(OC[C@H]3CCCCN3C(O)c3ccnc4ccccc34)c21. The maximum Gasteiger partial charge on any atom is 0.344 e. The number of nitrogens with one attached hydrogen (secondary N) is 1. The summed E-state index contributed by atoms with van der Waals surface area (Å²) in [5.74, 6) is 0.341. The van der Waals surface area contributed by atoms with Gasteiger partial charge in [0.05, 0.1) is 16.8 Å². The lowest BCUT2D eigenvalue weighted by atomic mass is 9.99. The number of nitrogens with two attached hydrogens (primary N) is 1. The average Bonchev–Trinajstić information content (AvgIpc) is 2.81. The molecule has 0 amide bonds. The average molecular weight is 468 g/mol. The van der Waals surface area contributed by atoms with Gasteiger partial charge in [0.2, 0.25) is 0 Å². The second-order valence-electron chi connectivity index (χ2n) is 8.22. The zero-order chi connectivity index (χ0) is 23.0. The molecule has 4 N–H and O–H groups in total. The second kappa shape index (κ2) is 8.62. The van der Waals surface area contributed by atoms with E-state index in [9.17, 15) is 13.5 Å². The van der Waals surface area contributed by atoms with Crippen LogP contribution in [0.3, 0.4) is 0 Å². The van der Waals surface area contributed by atoms with Crippen molar-refractivity contribution in [3.05, 3.63) is 65.9 Å². The topological polar surface area (TPSA) is 130 Å². The number of rotatable bonds is 5. The van der Waals surface area contributed by atoms with Crippen LogP contribution in [0.25, 0.3) is 10.9 Å². The van der Waals surface area contributed by atoms with Crippen molar-refractivity contribution in [3.63, 3.8) is 0 Å². The van der Waals surface area contributed by atoms with Crippen LogP contribution in [0.2, 0.25) is 0 Å². The van der Waals surface area contributed by atoms with Gasteiger partial charge in [-0.2, -0.15) is 8.42 Å². The molecule has 10 heteroatoms. The van der Waals surface area contributed by atoms with Gasteiger partial charge in [0.1, 0.15) is 18.6 Å². The van der Waals surface area contributed by atoms with E-state index in [0.717, 1.165) is 42.3 Å². The van der Waals surface area contributed by atoms with E-state index in [1.807, 2.05) is 30.3 Å². The number of amidine groups is 1. The first-order valence-corrected chi connectivity index (χ1v) is 12.3. The molecule has 33 heavy (non-hydrogen) atoms. The summed E-state index contributed by atoms with van der Waals surface area (Å²) in [6, 6.07) is 14.6. The van der Waals surface area contributed by atoms with Crippen LogP contribution in [0.1, 0.15) is 36.6 Å². The lowest BCUT2D eigenvalue weighted by Gasteiger charge is -2.39. The highest BCUT2D eigenvalue weighted by Crippen LogP contribution is 2.33. The third-order valence-corrected chi connectivity index (χ3v) is 7.03. The van der Waals surface area contributed by atoms with Crippen LogP contribution in [0.4, 0.5) is 5.69 Å². The van der Waals surface area contributed by atoms with Crippen molar-refractivity contribution >= 4 is 32.6 Å². The fraction of sp³-hybridized carbons (Fsp3) is 0.304. The number of aliphatic hydroxyl groups is 1. The molecule has 1 fully saturated rings. The number of aromatic nitrogens is 1. The van der Waals surface area contributed by atoms with Gasteiger partial charge in [0, 0.05) is 29.7 Å². The first-order valence-electron chi connectivity index (χ1n) is 10.8. The molecule has 2 aliphatic rings. The molecule has 3 aromatic rings. The van der Waals surface area contributed by atoms with Crippen LogP contribution in [0.15, 0.2) is 59.1 Å². The van der Waals surface area contributed by atoms with Crippen molar-refractivity contribution in [1.82, 2.24) is 9.88 Å². The minimum absolute atomic E-state index is 0.0324. The van der Waals surface area contributed by atoms with Crippen LogP contribution >= 0.6 is 0 Å². The maximum atomic E-state index is 11.8. The molecule has 0 aliphatic carbocycles. The van der Waals surface area contributed by atoms with Gasteiger partial charge in [-0.1, -0.05) is 30.7 Å². The van der Waals surface area contributed by atoms with Gasteiger partial charge in [-0.05, 0) is 37.1 Å². The summed E-state index contributed by atoms with van der Waals surface area (Å²) < 4.78 is 35.7. The van der Waals surface area contributed by atoms with E-state index in [2.05, 4.69) is 19.0 Å². The molecule has 2 atom stereocenters. The van der Waals surface area contributed by atoms with Crippen molar-refractivity contribution in [3.8, 4) is 5.75 Å². The number of benzene rings is 2. The van der Waals surface area contributed by atoms with Crippen molar-refractivity contribution in [1.29, 1.82) is 0 Å². The number of para-hydroxylation sites is 1. The summed E-state index contributed by atoms with van der Waals surface area (Å²) in [4.78, 5) is 6.45. The van der Waals surface area contributed by atoms with E-state index in [-0.39, 0.29) is 11.9 Å². The Hall–Kier alpha value is -3.21. The molecule has 0 saturated carbocycles. The predicted octanol–water partition coefficient (Wildman–Crippen LogP) is 2.53. The summed E-state index contributed by atoms with van der Waals surface area (Å²) in [6.45, 7) is 1.05. The van der Waals surface area contributed by atoms with E-state index in [4.69, 9.17) is 10.5 Å². The minimum atomic E-state index is -3.86. The Bertz CT molecular complexity index is 1320. The zero-order valence-electron chi connectivity index (χ0n) is 17.9. The first kappa shape index (κ1) is 21.6. The Labute approximate surface area is 192 Å². The molecular weight excluding hydrogens is 442 g/mol. The molecule has 2 aromatic carbocycles. The van der Waals surface area contributed by atoms with Crippen molar-refractivity contribution in [2.75, 3.05) is 17.9 Å². The zero-order valence-corrected chi connectivity index (χ0v) is 18.7. The quantitative estimate of drug-likeness (QED) is 0.526. The molecule has 1 aromatic heterocycles. The normalized spacial score (nSPS) is 21.0. The number of pyridine rings is 1. The van der Waals surface area contributed by atoms with Gasteiger partial charge in [-0.3, -0.25) is 14.6 Å². The smallest absolute Gasteiger partial charge is 0.344 e. The highest BCUT2D eigenvalue weighted by atomic mass is 32.2. The molecule has 0 bridgehead atoms. The van der Waals surface area contributed by atoms with Crippen molar-refractivity contribution in [2.24, 2.45) is 10.1 Å². The summed E-state index contributed by atoms with van der Waals surface area (Å²) in [5, 5.41) is 12.3. The predicted molar refractivity (Wildman–Crippen MR) is 126 cm³/mol. The molecule has 3 heterocycles. The van der Waals surface area contributed by atoms with E-state index >= 15 is 0 Å². The summed E-state index contributed by atoms with van der Waals surface area (Å²) in [7, 11) is -3.86. The fourth-order valence-corrected chi connectivity index (χ4v) is 5.41. The highest BCUT2D eigenvalue weighted by molar-refractivity contribution is 7.91. The maximum absolute atomic E-state index is 11.8. The molecule has 1 saturated heterocycles. The fourth-order valence-electron chi connectivity index (χ4n) is 4.57. The molecular formula is C23H25N5O4S.